The summed E-state index contributed by atoms with van der Waals surface area (Å²) in [6.45, 7) is 7.71. The molecule has 0 aliphatic rings. The minimum Gasteiger partial charge on any atom is -0.497 e. The SMILES string of the molecule is CCNC(C)C(CC)Cc1cc(OC)ccc1Br. The first-order chi connectivity index (χ1) is 8.62. The molecule has 2 nitrogen and oxygen atoms in total. The summed E-state index contributed by atoms with van der Waals surface area (Å²) >= 11 is 3.63. The Morgan fingerprint density at radius 3 is 2.61 bits per heavy atom. The zero-order valence-electron chi connectivity index (χ0n) is 11.8. The lowest BCUT2D eigenvalue weighted by atomic mass is 9.90. The lowest BCUT2D eigenvalue weighted by Crippen LogP contribution is -2.34. The molecule has 1 aromatic rings. The van der Waals surface area contributed by atoms with Gasteiger partial charge in [-0.3, -0.25) is 0 Å². The van der Waals surface area contributed by atoms with Gasteiger partial charge in [-0.05, 0) is 49.6 Å². The predicted octanol–water partition coefficient (Wildman–Crippen LogP) is 4.02. The summed E-state index contributed by atoms with van der Waals surface area (Å²) in [6.07, 6.45) is 2.25. The minimum atomic E-state index is 0.540. The largest absolute Gasteiger partial charge is 0.497 e. The highest BCUT2D eigenvalue weighted by Gasteiger charge is 2.16. The van der Waals surface area contributed by atoms with E-state index in [1.165, 1.54) is 16.5 Å². The predicted molar refractivity (Wildman–Crippen MR) is 81.3 cm³/mol. The fraction of sp³-hybridized carbons (Fsp3) is 0.600. The highest BCUT2D eigenvalue weighted by Crippen LogP contribution is 2.26. The molecule has 0 spiro atoms. The Morgan fingerprint density at radius 2 is 2.06 bits per heavy atom. The first kappa shape index (κ1) is 15.5. The van der Waals surface area contributed by atoms with E-state index >= 15 is 0 Å². The summed E-state index contributed by atoms with van der Waals surface area (Å²) in [5.74, 6) is 1.58. The second-order valence-corrected chi connectivity index (χ2v) is 5.53. The van der Waals surface area contributed by atoms with Gasteiger partial charge in [0.15, 0.2) is 0 Å². The average molecular weight is 314 g/mol. The molecule has 2 unspecified atom stereocenters. The van der Waals surface area contributed by atoms with Crippen molar-refractivity contribution < 1.29 is 4.74 Å². The topological polar surface area (TPSA) is 21.3 Å². The van der Waals surface area contributed by atoms with Crippen LogP contribution in [0.5, 0.6) is 5.75 Å². The van der Waals surface area contributed by atoms with E-state index in [2.05, 4.69) is 54.2 Å². The zero-order chi connectivity index (χ0) is 13.5. The molecule has 102 valence electrons. The summed E-state index contributed by atoms with van der Waals surface area (Å²) in [7, 11) is 1.71. The number of hydrogen-bond acceptors (Lipinski definition) is 2. The fourth-order valence-electron chi connectivity index (χ4n) is 2.28. The van der Waals surface area contributed by atoms with Crippen molar-refractivity contribution in [3.63, 3.8) is 0 Å². The van der Waals surface area contributed by atoms with Crippen LogP contribution in [-0.4, -0.2) is 19.7 Å². The maximum atomic E-state index is 5.30. The first-order valence-electron chi connectivity index (χ1n) is 6.68. The molecule has 1 rings (SSSR count). The second-order valence-electron chi connectivity index (χ2n) is 4.68. The summed E-state index contributed by atoms with van der Waals surface area (Å²) in [5, 5.41) is 3.52. The highest BCUT2D eigenvalue weighted by molar-refractivity contribution is 9.10. The van der Waals surface area contributed by atoms with Crippen LogP contribution in [0.2, 0.25) is 0 Å². The van der Waals surface area contributed by atoms with Gasteiger partial charge in [0.1, 0.15) is 5.75 Å². The second kappa shape index (κ2) is 7.80. The molecule has 3 heteroatoms. The molecule has 0 amide bonds. The van der Waals surface area contributed by atoms with E-state index in [4.69, 9.17) is 4.74 Å². The maximum absolute atomic E-state index is 5.30. The van der Waals surface area contributed by atoms with Gasteiger partial charge in [0.05, 0.1) is 7.11 Å². The third kappa shape index (κ3) is 4.29. The number of benzene rings is 1. The number of nitrogens with one attached hydrogen (secondary N) is 1. The highest BCUT2D eigenvalue weighted by atomic mass is 79.9. The zero-order valence-corrected chi connectivity index (χ0v) is 13.4. The Balaban J connectivity index is 2.80. The number of hydrogen-bond donors (Lipinski definition) is 1. The van der Waals surface area contributed by atoms with Gasteiger partial charge < -0.3 is 10.1 Å². The number of ether oxygens (including phenoxy) is 1. The molecular formula is C15H24BrNO. The molecule has 1 aromatic carbocycles. The number of methoxy groups -OCH3 is 1. The number of rotatable bonds is 7. The molecule has 18 heavy (non-hydrogen) atoms. The van der Waals surface area contributed by atoms with E-state index in [1.54, 1.807) is 7.11 Å². The van der Waals surface area contributed by atoms with Crippen LogP contribution in [0.15, 0.2) is 22.7 Å². The van der Waals surface area contributed by atoms with Crippen molar-refractivity contribution in [3.8, 4) is 5.75 Å². The lowest BCUT2D eigenvalue weighted by Gasteiger charge is -2.24. The Bertz CT molecular complexity index is 368. The Morgan fingerprint density at radius 1 is 1.33 bits per heavy atom. The van der Waals surface area contributed by atoms with E-state index in [9.17, 15) is 0 Å². The van der Waals surface area contributed by atoms with Gasteiger partial charge in [-0.1, -0.05) is 36.2 Å². The van der Waals surface area contributed by atoms with Crippen molar-refractivity contribution in [1.82, 2.24) is 5.32 Å². The maximum Gasteiger partial charge on any atom is 0.119 e. The van der Waals surface area contributed by atoms with Crippen LogP contribution in [0.4, 0.5) is 0 Å². The van der Waals surface area contributed by atoms with Crippen LogP contribution in [0.3, 0.4) is 0 Å². The van der Waals surface area contributed by atoms with E-state index in [0.717, 1.165) is 18.7 Å². The van der Waals surface area contributed by atoms with Gasteiger partial charge in [-0.2, -0.15) is 0 Å². The van der Waals surface area contributed by atoms with Crippen LogP contribution in [0, 0.1) is 5.92 Å². The summed E-state index contributed by atoms with van der Waals surface area (Å²) in [5.41, 5.74) is 1.32. The molecule has 0 aliphatic heterocycles. The molecular weight excluding hydrogens is 290 g/mol. The molecule has 0 saturated heterocycles. The van der Waals surface area contributed by atoms with E-state index < -0.39 is 0 Å². The fourth-order valence-corrected chi connectivity index (χ4v) is 2.69. The van der Waals surface area contributed by atoms with Crippen molar-refractivity contribution in [2.45, 2.75) is 39.7 Å². The van der Waals surface area contributed by atoms with Crippen LogP contribution >= 0.6 is 15.9 Å². The van der Waals surface area contributed by atoms with Gasteiger partial charge in [0, 0.05) is 10.5 Å². The van der Waals surface area contributed by atoms with E-state index in [-0.39, 0.29) is 0 Å². The Labute approximate surface area is 119 Å². The molecule has 0 aliphatic carbocycles. The van der Waals surface area contributed by atoms with E-state index in [0.29, 0.717) is 12.0 Å². The van der Waals surface area contributed by atoms with Crippen molar-refractivity contribution >= 4 is 15.9 Å². The molecule has 0 saturated carbocycles. The van der Waals surface area contributed by atoms with Gasteiger partial charge >= 0.3 is 0 Å². The smallest absolute Gasteiger partial charge is 0.119 e. The molecule has 0 radical (unpaired) electrons. The quantitative estimate of drug-likeness (QED) is 0.820. The van der Waals surface area contributed by atoms with Gasteiger partial charge in [-0.25, -0.2) is 0 Å². The normalized spacial score (nSPS) is 14.3. The first-order valence-corrected chi connectivity index (χ1v) is 7.47. The lowest BCUT2D eigenvalue weighted by molar-refractivity contribution is 0.366. The van der Waals surface area contributed by atoms with Crippen LogP contribution in [-0.2, 0) is 6.42 Å². The summed E-state index contributed by atoms with van der Waals surface area (Å²) in [6, 6.07) is 6.73. The van der Waals surface area contributed by atoms with Gasteiger partial charge in [-0.15, -0.1) is 0 Å². The minimum absolute atomic E-state index is 0.540. The van der Waals surface area contributed by atoms with Gasteiger partial charge in [0.2, 0.25) is 0 Å². The Kier molecular flexibility index (Phi) is 6.72. The summed E-state index contributed by atoms with van der Waals surface area (Å²) < 4.78 is 6.47. The average Bonchev–Trinajstić information content (AvgIpc) is 2.38. The van der Waals surface area contributed by atoms with Crippen molar-refractivity contribution in [1.29, 1.82) is 0 Å². The van der Waals surface area contributed by atoms with Crippen LogP contribution < -0.4 is 10.1 Å². The van der Waals surface area contributed by atoms with Crippen molar-refractivity contribution in [2.75, 3.05) is 13.7 Å². The van der Waals surface area contributed by atoms with E-state index in [1.807, 2.05) is 6.07 Å². The molecule has 0 fully saturated rings. The standard InChI is InChI=1S/C15H24BrNO/c1-5-12(11(3)17-6-2)9-13-10-14(18-4)7-8-15(13)16/h7-8,10-12,17H,5-6,9H2,1-4H3. The third-order valence-electron chi connectivity index (χ3n) is 3.49. The van der Waals surface area contributed by atoms with Crippen molar-refractivity contribution in [3.05, 3.63) is 28.2 Å². The number of halogens is 1. The molecule has 0 heterocycles. The van der Waals surface area contributed by atoms with Crippen LogP contribution in [0.25, 0.3) is 0 Å². The monoisotopic (exact) mass is 313 g/mol. The molecule has 0 bridgehead atoms. The van der Waals surface area contributed by atoms with Gasteiger partial charge in [0.25, 0.3) is 0 Å². The Hall–Kier alpha value is -0.540. The third-order valence-corrected chi connectivity index (χ3v) is 4.27. The molecule has 2 atom stereocenters. The molecule has 0 aromatic heterocycles. The molecule has 1 N–H and O–H groups in total. The van der Waals surface area contributed by atoms with Crippen LogP contribution in [0.1, 0.15) is 32.8 Å². The van der Waals surface area contributed by atoms with Crippen molar-refractivity contribution in [2.24, 2.45) is 5.92 Å². The summed E-state index contributed by atoms with van der Waals surface area (Å²) in [4.78, 5) is 0.